The number of ether oxygens (including phenoxy) is 1. The van der Waals surface area contributed by atoms with Crippen LogP contribution in [0.2, 0.25) is 0 Å². The first-order valence-corrected chi connectivity index (χ1v) is 6.58. The summed E-state index contributed by atoms with van der Waals surface area (Å²) in [6, 6.07) is 2.49. The molecule has 0 amide bonds. The van der Waals surface area contributed by atoms with E-state index in [4.69, 9.17) is 10.00 Å². The minimum Gasteiger partial charge on any atom is -0.381 e. The van der Waals surface area contributed by atoms with E-state index >= 15 is 0 Å². The lowest BCUT2D eigenvalue weighted by molar-refractivity contribution is -0.138. The average Bonchev–Trinajstić information content (AvgIpc) is 2.33. The molecule has 0 N–H and O–H groups in total. The van der Waals surface area contributed by atoms with Crippen molar-refractivity contribution in [1.29, 1.82) is 5.26 Å². The van der Waals surface area contributed by atoms with Crippen LogP contribution >= 0.6 is 11.8 Å². The number of rotatable bonds is 5. The lowest BCUT2D eigenvalue weighted by Gasteiger charge is -2.12. The van der Waals surface area contributed by atoms with Crippen LogP contribution in [-0.2, 0) is 10.9 Å². The minimum absolute atomic E-state index is 0.106. The molecule has 7 heteroatoms. The second-order valence-electron chi connectivity index (χ2n) is 3.65. The van der Waals surface area contributed by atoms with Gasteiger partial charge in [-0.05, 0) is 19.9 Å². The molecule has 0 atom stereocenters. The lowest BCUT2D eigenvalue weighted by Crippen LogP contribution is -2.11. The van der Waals surface area contributed by atoms with Gasteiger partial charge < -0.3 is 4.74 Å². The predicted octanol–water partition coefficient (Wildman–Crippen LogP) is 3.41. The molecule has 104 valence electrons. The van der Waals surface area contributed by atoms with Crippen molar-refractivity contribution >= 4 is 11.8 Å². The van der Waals surface area contributed by atoms with Gasteiger partial charge in [0.2, 0.25) is 0 Å². The maximum absolute atomic E-state index is 12.8. The molecule has 0 fully saturated rings. The van der Waals surface area contributed by atoms with Crippen molar-refractivity contribution in [2.24, 2.45) is 0 Å². The number of alkyl halides is 3. The van der Waals surface area contributed by atoms with Crippen molar-refractivity contribution in [3.63, 3.8) is 0 Å². The highest BCUT2D eigenvalue weighted by molar-refractivity contribution is 7.99. The molecule has 0 aliphatic rings. The molecule has 1 aromatic heterocycles. The SMILES string of the molecule is CCOCCSc1nc(C)cc(C(F)(F)F)c1C#N. The molecule has 0 bridgehead atoms. The Morgan fingerprint density at radius 1 is 1.47 bits per heavy atom. The Morgan fingerprint density at radius 2 is 2.16 bits per heavy atom. The standard InChI is InChI=1S/C12H13F3N2OS/c1-3-18-4-5-19-11-9(7-16)10(12(13,14)15)6-8(2)17-11/h6H,3-5H2,1-2H3. The van der Waals surface area contributed by atoms with Crippen molar-refractivity contribution in [1.82, 2.24) is 4.98 Å². The van der Waals surface area contributed by atoms with Gasteiger partial charge in [0.1, 0.15) is 11.1 Å². The van der Waals surface area contributed by atoms with Crippen LogP contribution in [0.4, 0.5) is 13.2 Å². The van der Waals surface area contributed by atoms with Gasteiger partial charge in [-0.25, -0.2) is 4.98 Å². The Kier molecular flexibility index (Phi) is 5.63. The van der Waals surface area contributed by atoms with E-state index in [9.17, 15) is 13.2 Å². The van der Waals surface area contributed by atoms with Crippen molar-refractivity contribution in [3.8, 4) is 6.07 Å². The quantitative estimate of drug-likeness (QED) is 0.616. The van der Waals surface area contributed by atoms with E-state index in [0.29, 0.717) is 19.0 Å². The number of pyridine rings is 1. The molecule has 0 saturated carbocycles. The Balaban J connectivity index is 3.04. The lowest BCUT2D eigenvalue weighted by atomic mass is 10.1. The summed E-state index contributed by atoms with van der Waals surface area (Å²) >= 11 is 1.10. The monoisotopic (exact) mass is 290 g/mol. The molecule has 0 saturated heterocycles. The first kappa shape index (κ1) is 15.8. The van der Waals surface area contributed by atoms with Crippen LogP contribution in [0, 0.1) is 18.3 Å². The number of thioether (sulfide) groups is 1. The summed E-state index contributed by atoms with van der Waals surface area (Å²) in [4.78, 5) is 4.00. The number of nitrogens with zero attached hydrogens (tertiary/aromatic N) is 2. The molecule has 19 heavy (non-hydrogen) atoms. The Morgan fingerprint density at radius 3 is 2.68 bits per heavy atom. The van der Waals surface area contributed by atoms with Gasteiger partial charge in [-0.3, -0.25) is 0 Å². The zero-order chi connectivity index (χ0) is 14.5. The molecular weight excluding hydrogens is 277 g/mol. The smallest absolute Gasteiger partial charge is 0.381 e. The van der Waals surface area contributed by atoms with Gasteiger partial charge in [-0.1, -0.05) is 0 Å². The van der Waals surface area contributed by atoms with Gasteiger partial charge in [0.15, 0.2) is 0 Å². The molecule has 0 aromatic carbocycles. The van der Waals surface area contributed by atoms with E-state index in [2.05, 4.69) is 4.98 Å². The fourth-order valence-electron chi connectivity index (χ4n) is 1.42. The third-order valence-electron chi connectivity index (χ3n) is 2.20. The highest BCUT2D eigenvalue weighted by atomic mass is 32.2. The summed E-state index contributed by atoms with van der Waals surface area (Å²) in [7, 11) is 0. The topological polar surface area (TPSA) is 45.9 Å². The van der Waals surface area contributed by atoms with E-state index in [1.807, 2.05) is 6.92 Å². The summed E-state index contributed by atoms with van der Waals surface area (Å²) in [5, 5.41) is 9.03. The fourth-order valence-corrected chi connectivity index (χ4v) is 2.33. The predicted molar refractivity (Wildman–Crippen MR) is 65.9 cm³/mol. The molecular formula is C12H13F3N2OS. The summed E-state index contributed by atoms with van der Waals surface area (Å²) < 4.78 is 43.6. The van der Waals surface area contributed by atoms with E-state index in [1.54, 1.807) is 6.07 Å². The number of aromatic nitrogens is 1. The number of aryl methyl sites for hydroxylation is 1. The summed E-state index contributed by atoms with van der Waals surface area (Å²) in [6.45, 7) is 4.25. The van der Waals surface area contributed by atoms with Gasteiger partial charge in [-0.2, -0.15) is 18.4 Å². The zero-order valence-electron chi connectivity index (χ0n) is 10.5. The molecule has 0 aliphatic heterocycles. The largest absolute Gasteiger partial charge is 0.417 e. The van der Waals surface area contributed by atoms with E-state index < -0.39 is 17.3 Å². The van der Waals surface area contributed by atoms with Crippen LogP contribution in [0.15, 0.2) is 11.1 Å². The van der Waals surface area contributed by atoms with Crippen LogP contribution in [0.5, 0.6) is 0 Å². The third kappa shape index (κ3) is 4.40. The van der Waals surface area contributed by atoms with Crippen LogP contribution in [0.3, 0.4) is 0 Å². The maximum atomic E-state index is 12.8. The van der Waals surface area contributed by atoms with E-state index in [1.165, 1.54) is 6.92 Å². The second-order valence-corrected chi connectivity index (χ2v) is 4.73. The average molecular weight is 290 g/mol. The Labute approximate surface area is 113 Å². The maximum Gasteiger partial charge on any atom is 0.417 e. The Hall–Kier alpha value is -1.26. The third-order valence-corrected chi connectivity index (χ3v) is 3.14. The summed E-state index contributed by atoms with van der Waals surface area (Å²) in [5.41, 5.74) is -1.11. The van der Waals surface area contributed by atoms with Crippen LogP contribution in [-0.4, -0.2) is 24.0 Å². The molecule has 0 spiro atoms. The molecule has 3 nitrogen and oxygen atoms in total. The van der Waals surface area contributed by atoms with E-state index in [0.717, 1.165) is 17.8 Å². The summed E-state index contributed by atoms with van der Waals surface area (Å²) in [5.74, 6) is 0.455. The van der Waals surface area contributed by atoms with Crippen LogP contribution in [0.1, 0.15) is 23.7 Å². The number of nitriles is 1. The number of hydrogen-bond donors (Lipinski definition) is 0. The van der Waals surface area contributed by atoms with Gasteiger partial charge >= 0.3 is 6.18 Å². The number of hydrogen-bond acceptors (Lipinski definition) is 4. The first-order chi connectivity index (χ1) is 8.90. The number of halogens is 3. The fraction of sp³-hybridized carbons (Fsp3) is 0.500. The highest BCUT2D eigenvalue weighted by Crippen LogP contribution is 2.35. The van der Waals surface area contributed by atoms with Crippen LogP contribution < -0.4 is 0 Å². The zero-order valence-corrected chi connectivity index (χ0v) is 11.4. The van der Waals surface area contributed by atoms with Crippen molar-refractivity contribution in [2.75, 3.05) is 19.0 Å². The van der Waals surface area contributed by atoms with Gasteiger partial charge in [0.05, 0.1) is 17.7 Å². The highest BCUT2D eigenvalue weighted by Gasteiger charge is 2.35. The van der Waals surface area contributed by atoms with Crippen molar-refractivity contribution < 1.29 is 17.9 Å². The second kappa shape index (κ2) is 6.78. The van der Waals surface area contributed by atoms with E-state index in [-0.39, 0.29) is 10.7 Å². The van der Waals surface area contributed by atoms with Gasteiger partial charge in [0, 0.05) is 18.1 Å². The minimum atomic E-state index is -4.55. The van der Waals surface area contributed by atoms with Gasteiger partial charge in [0.25, 0.3) is 0 Å². The van der Waals surface area contributed by atoms with Gasteiger partial charge in [-0.15, -0.1) is 11.8 Å². The normalized spacial score (nSPS) is 11.4. The first-order valence-electron chi connectivity index (χ1n) is 5.59. The Bertz CT molecular complexity index is 483. The molecule has 0 unspecified atom stereocenters. The molecule has 1 heterocycles. The molecule has 0 radical (unpaired) electrons. The molecule has 0 aliphatic carbocycles. The molecule has 1 rings (SSSR count). The van der Waals surface area contributed by atoms with Crippen molar-refractivity contribution in [2.45, 2.75) is 25.0 Å². The summed E-state index contributed by atoms with van der Waals surface area (Å²) in [6.07, 6.45) is -4.55. The van der Waals surface area contributed by atoms with Crippen molar-refractivity contribution in [3.05, 3.63) is 22.9 Å². The van der Waals surface area contributed by atoms with Crippen LogP contribution in [0.25, 0.3) is 0 Å². The molecule has 1 aromatic rings.